The van der Waals surface area contributed by atoms with Crippen LogP contribution < -0.4 is 15.8 Å². The van der Waals surface area contributed by atoms with Gasteiger partial charge < -0.3 is 15.8 Å². The number of hydrogen-bond acceptors (Lipinski definition) is 5. The minimum absolute atomic E-state index is 0.106. The second-order valence-electron chi connectivity index (χ2n) is 4.95. The molecular weight excluding hydrogens is 292 g/mol. The summed E-state index contributed by atoms with van der Waals surface area (Å²) in [6, 6.07) is 1.72. The number of amides is 1. The minimum atomic E-state index is -3.49. The average molecular weight is 314 g/mol. The van der Waals surface area contributed by atoms with Crippen molar-refractivity contribution in [2.75, 3.05) is 19.5 Å². The third-order valence-corrected chi connectivity index (χ3v) is 5.18. The van der Waals surface area contributed by atoms with E-state index in [1.165, 1.54) is 0 Å². The molecule has 0 unspecified atom stereocenters. The SMILES string of the molecule is COc1cc(C)c(S(=O)(=O)CNCCC(N)=O)c(C)c1C. The van der Waals surface area contributed by atoms with Crippen molar-refractivity contribution in [2.24, 2.45) is 5.73 Å². The zero-order valence-corrected chi connectivity index (χ0v) is 13.6. The largest absolute Gasteiger partial charge is 0.496 e. The minimum Gasteiger partial charge on any atom is -0.496 e. The molecule has 0 spiro atoms. The van der Waals surface area contributed by atoms with Crippen LogP contribution in [-0.4, -0.2) is 33.9 Å². The average Bonchev–Trinajstić information content (AvgIpc) is 2.38. The van der Waals surface area contributed by atoms with Gasteiger partial charge in [-0.05, 0) is 43.5 Å². The van der Waals surface area contributed by atoms with Gasteiger partial charge in [-0.15, -0.1) is 0 Å². The zero-order valence-electron chi connectivity index (χ0n) is 12.8. The number of methoxy groups -OCH3 is 1. The first-order chi connectivity index (χ1) is 9.70. The summed E-state index contributed by atoms with van der Waals surface area (Å²) >= 11 is 0. The summed E-state index contributed by atoms with van der Waals surface area (Å²) in [5, 5.41) is 2.74. The Kier molecular flexibility index (Phi) is 5.74. The monoisotopic (exact) mass is 314 g/mol. The quantitative estimate of drug-likeness (QED) is 0.726. The molecule has 21 heavy (non-hydrogen) atoms. The Morgan fingerprint density at radius 1 is 1.29 bits per heavy atom. The number of ether oxygens (including phenoxy) is 1. The van der Waals surface area contributed by atoms with Gasteiger partial charge >= 0.3 is 0 Å². The number of carbonyl (C=O) groups is 1. The molecular formula is C14H22N2O4S. The molecule has 0 saturated carbocycles. The summed E-state index contributed by atoms with van der Waals surface area (Å²) in [6.07, 6.45) is 0.106. The number of carbonyl (C=O) groups excluding carboxylic acids is 1. The Morgan fingerprint density at radius 2 is 1.90 bits per heavy atom. The predicted octanol–water partition coefficient (Wildman–Crippen LogP) is 0.817. The fraction of sp³-hybridized carbons (Fsp3) is 0.500. The van der Waals surface area contributed by atoms with Crippen LogP contribution in [0.1, 0.15) is 23.1 Å². The van der Waals surface area contributed by atoms with E-state index in [2.05, 4.69) is 5.32 Å². The molecule has 6 nitrogen and oxygen atoms in total. The summed E-state index contributed by atoms with van der Waals surface area (Å²) in [4.78, 5) is 10.9. The van der Waals surface area contributed by atoms with Gasteiger partial charge in [-0.1, -0.05) is 0 Å². The van der Waals surface area contributed by atoms with Gasteiger partial charge in [-0.25, -0.2) is 8.42 Å². The van der Waals surface area contributed by atoms with Crippen LogP contribution in [0.4, 0.5) is 0 Å². The van der Waals surface area contributed by atoms with E-state index in [1.807, 2.05) is 6.92 Å². The molecule has 7 heteroatoms. The summed E-state index contributed by atoms with van der Waals surface area (Å²) < 4.78 is 30.1. The normalized spacial score (nSPS) is 11.4. The van der Waals surface area contributed by atoms with Crippen LogP contribution in [0, 0.1) is 20.8 Å². The predicted molar refractivity (Wildman–Crippen MR) is 81.1 cm³/mol. The smallest absolute Gasteiger partial charge is 0.218 e. The van der Waals surface area contributed by atoms with Crippen molar-refractivity contribution in [3.8, 4) is 5.75 Å². The summed E-state index contributed by atoms with van der Waals surface area (Å²) in [5.74, 6) is -0.0218. The van der Waals surface area contributed by atoms with E-state index in [0.29, 0.717) is 21.8 Å². The lowest BCUT2D eigenvalue weighted by atomic mass is 10.1. The molecule has 0 heterocycles. The second kappa shape index (κ2) is 6.91. The zero-order chi connectivity index (χ0) is 16.2. The lowest BCUT2D eigenvalue weighted by Crippen LogP contribution is -2.28. The number of hydrogen-bond donors (Lipinski definition) is 2. The maximum atomic E-state index is 12.5. The van der Waals surface area contributed by atoms with Crippen LogP contribution in [0.3, 0.4) is 0 Å². The Balaban J connectivity index is 3.03. The van der Waals surface area contributed by atoms with Gasteiger partial charge in [0.2, 0.25) is 5.91 Å². The van der Waals surface area contributed by atoms with Crippen molar-refractivity contribution in [3.63, 3.8) is 0 Å². The van der Waals surface area contributed by atoms with Crippen molar-refractivity contribution in [1.82, 2.24) is 5.32 Å². The molecule has 0 saturated heterocycles. The van der Waals surface area contributed by atoms with Crippen molar-refractivity contribution in [1.29, 1.82) is 0 Å². The Labute approximate surface area is 125 Å². The molecule has 0 aliphatic rings. The van der Waals surface area contributed by atoms with Crippen molar-refractivity contribution < 1.29 is 17.9 Å². The van der Waals surface area contributed by atoms with E-state index >= 15 is 0 Å². The highest BCUT2D eigenvalue weighted by Crippen LogP contribution is 2.30. The summed E-state index contributed by atoms with van der Waals surface area (Å²) in [6.45, 7) is 5.57. The fourth-order valence-electron chi connectivity index (χ4n) is 2.20. The molecule has 1 amide bonds. The van der Waals surface area contributed by atoms with Gasteiger partial charge in [0.25, 0.3) is 0 Å². The topological polar surface area (TPSA) is 98.5 Å². The van der Waals surface area contributed by atoms with Gasteiger partial charge in [0.1, 0.15) is 11.6 Å². The maximum absolute atomic E-state index is 12.5. The molecule has 1 aromatic carbocycles. The highest BCUT2D eigenvalue weighted by molar-refractivity contribution is 7.91. The van der Waals surface area contributed by atoms with Crippen LogP contribution in [0.25, 0.3) is 0 Å². The Morgan fingerprint density at radius 3 is 2.43 bits per heavy atom. The number of primary amides is 1. The van der Waals surface area contributed by atoms with Crippen molar-refractivity contribution in [3.05, 3.63) is 22.8 Å². The number of benzene rings is 1. The first-order valence-electron chi connectivity index (χ1n) is 6.57. The van der Waals surface area contributed by atoms with E-state index in [1.54, 1.807) is 27.0 Å². The molecule has 0 radical (unpaired) electrons. The highest BCUT2D eigenvalue weighted by atomic mass is 32.2. The first-order valence-corrected chi connectivity index (χ1v) is 8.22. The molecule has 3 N–H and O–H groups in total. The van der Waals surface area contributed by atoms with Gasteiger partial charge in [0.15, 0.2) is 9.84 Å². The van der Waals surface area contributed by atoms with Gasteiger partial charge in [-0.2, -0.15) is 0 Å². The number of nitrogens with two attached hydrogens (primary N) is 1. The van der Waals surface area contributed by atoms with E-state index < -0.39 is 15.7 Å². The molecule has 0 bridgehead atoms. The molecule has 1 aromatic rings. The summed E-state index contributed by atoms with van der Waals surface area (Å²) in [7, 11) is -1.93. The maximum Gasteiger partial charge on any atom is 0.218 e. The molecule has 0 aliphatic heterocycles. The van der Waals surface area contributed by atoms with E-state index in [0.717, 1.165) is 5.56 Å². The Bertz CT molecular complexity index is 639. The number of rotatable bonds is 7. The van der Waals surface area contributed by atoms with Crippen LogP contribution in [0.5, 0.6) is 5.75 Å². The fourth-order valence-corrected chi connectivity index (χ4v) is 3.93. The van der Waals surface area contributed by atoms with Crippen LogP contribution >= 0.6 is 0 Å². The van der Waals surface area contributed by atoms with Crippen LogP contribution in [0.15, 0.2) is 11.0 Å². The van der Waals surface area contributed by atoms with E-state index in [-0.39, 0.29) is 18.8 Å². The van der Waals surface area contributed by atoms with Gasteiger partial charge in [0, 0.05) is 13.0 Å². The van der Waals surface area contributed by atoms with Crippen molar-refractivity contribution >= 4 is 15.7 Å². The van der Waals surface area contributed by atoms with Crippen LogP contribution in [0.2, 0.25) is 0 Å². The van der Waals surface area contributed by atoms with Crippen molar-refractivity contribution in [2.45, 2.75) is 32.1 Å². The van der Waals surface area contributed by atoms with Crippen LogP contribution in [-0.2, 0) is 14.6 Å². The number of aryl methyl sites for hydroxylation is 1. The summed E-state index contributed by atoms with van der Waals surface area (Å²) in [5.41, 5.74) is 7.14. The third kappa shape index (κ3) is 4.18. The lowest BCUT2D eigenvalue weighted by molar-refractivity contribution is -0.117. The number of sulfone groups is 1. The van der Waals surface area contributed by atoms with E-state index in [4.69, 9.17) is 10.5 Å². The molecule has 118 valence electrons. The first kappa shape index (κ1) is 17.5. The molecule has 0 fully saturated rings. The highest BCUT2D eigenvalue weighted by Gasteiger charge is 2.22. The molecule has 1 rings (SSSR count). The second-order valence-corrected chi connectivity index (χ2v) is 6.88. The van der Waals surface area contributed by atoms with E-state index in [9.17, 15) is 13.2 Å². The molecule has 0 atom stereocenters. The standard InChI is InChI=1S/C14H22N2O4S/c1-9-7-12(20-4)10(2)11(3)14(9)21(18,19)8-16-6-5-13(15)17/h7,16H,5-6,8H2,1-4H3,(H2,15,17). The van der Waals surface area contributed by atoms with Gasteiger partial charge in [-0.3, -0.25) is 4.79 Å². The Hall–Kier alpha value is -1.60. The molecule has 0 aliphatic carbocycles. The number of nitrogens with one attached hydrogen (secondary N) is 1. The molecule has 0 aromatic heterocycles. The third-order valence-electron chi connectivity index (χ3n) is 3.35. The van der Waals surface area contributed by atoms with Gasteiger partial charge in [0.05, 0.1) is 12.0 Å². The lowest BCUT2D eigenvalue weighted by Gasteiger charge is -2.16.